The summed E-state index contributed by atoms with van der Waals surface area (Å²) in [5.41, 5.74) is -1.46. The van der Waals surface area contributed by atoms with Gasteiger partial charge in [0.15, 0.2) is 0 Å². The molecule has 2 N–H and O–H groups in total. The SMILES string of the molecule is O=C(NCC(F)(F)F)c1ccc(S(=O)(=O)Nc2ccc(-c3ccccc3)c(C(F)(F)F)c2)cc1. The van der Waals surface area contributed by atoms with Gasteiger partial charge in [0.2, 0.25) is 0 Å². The lowest BCUT2D eigenvalue weighted by Crippen LogP contribution is -2.33. The van der Waals surface area contributed by atoms with E-state index in [0.717, 1.165) is 30.3 Å². The third-order valence-corrected chi connectivity index (χ3v) is 5.94. The van der Waals surface area contributed by atoms with Gasteiger partial charge in [0.05, 0.1) is 10.5 Å². The second-order valence-corrected chi connectivity index (χ2v) is 8.73. The molecule has 0 aliphatic carbocycles. The lowest BCUT2D eigenvalue weighted by molar-refractivity contribution is -0.137. The van der Waals surface area contributed by atoms with Crippen LogP contribution in [0.25, 0.3) is 11.1 Å². The third-order valence-electron chi connectivity index (χ3n) is 4.54. The van der Waals surface area contributed by atoms with E-state index in [1.54, 1.807) is 23.5 Å². The molecule has 0 aliphatic rings. The van der Waals surface area contributed by atoms with Gasteiger partial charge in [-0.25, -0.2) is 8.42 Å². The van der Waals surface area contributed by atoms with E-state index in [1.165, 1.54) is 18.2 Å². The van der Waals surface area contributed by atoms with Crippen LogP contribution in [0.15, 0.2) is 77.7 Å². The van der Waals surface area contributed by atoms with Crippen molar-refractivity contribution < 1.29 is 39.6 Å². The highest BCUT2D eigenvalue weighted by Gasteiger charge is 2.34. The number of halogens is 6. The second-order valence-electron chi connectivity index (χ2n) is 7.05. The van der Waals surface area contributed by atoms with Gasteiger partial charge in [-0.15, -0.1) is 0 Å². The maximum atomic E-state index is 13.6. The molecule has 3 rings (SSSR count). The summed E-state index contributed by atoms with van der Waals surface area (Å²) in [5.74, 6) is -1.07. The molecule has 34 heavy (non-hydrogen) atoms. The van der Waals surface area contributed by atoms with Crippen molar-refractivity contribution in [1.82, 2.24) is 5.32 Å². The predicted octanol–water partition coefficient (Wildman–Crippen LogP) is 5.47. The van der Waals surface area contributed by atoms with Crippen LogP contribution in [0.4, 0.5) is 32.0 Å². The number of carbonyl (C=O) groups is 1. The molecule has 5 nitrogen and oxygen atoms in total. The summed E-state index contributed by atoms with van der Waals surface area (Å²) in [4.78, 5) is 11.3. The van der Waals surface area contributed by atoms with Crippen LogP contribution in [0.1, 0.15) is 15.9 Å². The van der Waals surface area contributed by atoms with Gasteiger partial charge in [0.1, 0.15) is 6.54 Å². The van der Waals surface area contributed by atoms with Gasteiger partial charge in [-0.1, -0.05) is 36.4 Å². The van der Waals surface area contributed by atoms with Crippen molar-refractivity contribution in [2.75, 3.05) is 11.3 Å². The zero-order chi connectivity index (χ0) is 25.1. The molecule has 1 amide bonds. The summed E-state index contributed by atoms with van der Waals surface area (Å²) in [5, 5.41) is 1.64. The van der Waals surface area contributed by atoms with Gasteiger partial charge in [-0.05, 0) is 47.5 Å². The first kappa shape index (κ1) is 25.1. The van der Waals surface area contributed by atoms with Crippen LogP contribution in [0.2, 0.25) is 0 Å². The van der Waals surface area contributed by atoms with Gasteiger partial charge in [0, 0.05) is 11.3 Å². The number of benzene rings is 3. The minimum absolute atomic E-state index is 0.134. The molecular weight excluding hydrogens is 486 g/mol. The monoisotopic (exact) mass is 502 g/mol. The minimum atomic E-state index is -4.77. The van der Waals surface area contributed by atoms with Crippen molar-refractivity contribution in [2.24, 2.45) is 0 Å². The van der Waals surface area contributed by atoms with E-state index in [0.29, 0.717) is 11.6 Å². The molecule has 0 unspecified atom stereocenters. The summed E-state index contributed by atoms with van der Waals surface area (Å²) < 4.78 is 105. The van der Waals surface area contributed by atoms with Crippen molar-refractivity contribution >= 4 is 21.6 Å². The number of nitrogens with one attached hydrogen (secondary N) is 2. The number of alkyl halides is 6. The van der Waals surface area contributed by atoms with E-state index in [-0.39, 0.29) is 16.8 Å². The number of carbonyl (C=O) groups excluding carboxylic acids is 1. The van der Waals surface area contributed by atoms with Gasteiger partial charge < -0.3 is 5.32 Å². The highest BCUT2D eigenvalue weighted by atomic mass is 32.2. The zero-order valence-corrected chi connectivity index (χ0v) is 17.9. The summed E-state index contributed by atoms with van der Waals surface area (Å²) >= 11 is 0. The van der Waals surface area contributed by atoms with E-state index in [2.05, 4.69) is 0 Å². The fraction of sp³-hybridized carbons (Fsp3) is 0.136. The molecular formula is C22H16F6N2O3S. The Kier molecular flexibility index (Phi) is 6.92. The predicted molar refractivity (Wildman–Crippen MR) is 113 cm³/mol. The second kappa shape index (κ2) is 9.37. The van der Waals surface area contributed by atoms with Gasteiger partial charge >= 0.3 is 12.4 Å². The average molecular weight is 502 g/mol. The molecule has 0 fully saturated rings. The molecule has 0 aliphatic heterocycles. The first-order chi connectivity index (χ1) is 15.8. The minimum Gasteiger partial charge on any atom is -0.343 e. The number of hydrogen-bond donors (Lipinski definition) is 2. The van der Waals surface area contributed by atoms with Crippen molar-refractivity contribution in [3.63, 3.8) is 0 Å². The van der Waals surface area contributed by atoms with Crippen LogP contribution in [0.5, 0.6) is 0 Å². The van der Waals surface area contributed by atoms with Gasteiger partial charge in [-0.3, -0.25) is 9.52 Å². The lowest BCUT2D eigenvalue weighted by Gasteiger charge is -2.16. The van der Waals surface area contributed by atoms with Crippen LogP contribution >= 0.6 is 0 Å². The number of sulfonamides is 1. The molecule has 0 atom stereocenters. The molecule has 0 heterocycles. The Morgan fingerprint density at radius 1 is 0.824 bits per heavy atom. The highest BCUT2D eigenvalue weighted by Crippen LogP contribution is 2.39. The third kappa shape index (κ3) is 6.28. The van der Waals surface area contributed by atoms with E-state index in [1.807, 2.05) is 4.72 Å². The standard InChI is InChI=1S/C22H16F6N2O3S/c23-21(24,25)13-29-20(31)15-6-9-17(10-7-15)34(32,33)30-16-8-11-18(14-4-2-1-3-5-14)19(12-16)22(26,27)28/h1-12,30H,13H2,(H,29,31). The molecule has 0 saturated heterocycles. The number of amides is 1. The largest absolute Gasteiger partial charge is 0.417 e. The highest BCUT2D eigenvalue weighted by molar-refractivity contribution is 7.92. The number of hydrogen-bond acceptors (Lipinski definition) is 3. The summed E-state index contributed by atoms with van der Waals surface area (Å²) in [6, 6.07) is 14.6. The van der Waals surface area contributed by atoms with E-state index in [9.17, 15) is 39.6 Å². The smallest absolute Gasteiger partial charge is 0.343 e. The van der Waals surface area contributed by atoms with Crippen molar-refractivity contribution in [1.29, 1.82) is 0 Å². The van der Waals surface area contributed by atoms with Crippen LogP contribution < -0.4 is 10.0 Å². The van der Waals surface area contributed by atoms with E-state index >= 15 is 0 Å². The lowest BCUT2D eigenvalue weighted by atomic mass is 9.99. The Hall–Kier alpha value is -3.54. The zero-order valence-electron chi connectivity index (χ0n) is 17.0. The molecule has 0 bridgehead atoms. The normalized spacial score (nSPS) is 12.3. The van der Waals surface area contributed by atoms with Crippen LogP contribution in [0.3, 0.4) is 0 Å². The fourth-order valence-electron chi connectivity index (χ4n) is 2.99. The Balaban J connectivity index is 1.84. The average Bonchev–Trinajstić information content (AvgIpc) is 2.77. The van der Waals surface area contributed by atoms with E-state index < -0.39 is 45.3 Å². The first-order valence-corrected chi connectivity index (χ1v) is 11.0. The maximum absolute atomic E-state index is 13.6. The number of rotatable bonds is 6. The van der Waals surface area contributed by atoms with Crippen LogP contribution in [0, 0.1) is 0 Å². The maximum Gasteiger partial charge on any atom is 0.417 e. The van der Waals surface area contributed by atoms with Crippen LogP contribution in [-0.4, -0.2) is 27.0 Å². The summed E-state index contributed by atoms with van der Waals surface area (Å²) in [7, 11) is -4.36. The fourth-order valence-corrected chi connectivity index (χ4v) is 4.04. The quantitative estimate of drug-likeness (QED) is 0.440. The van der Waals surface area contributed by atoms with Crippen molar-refractivity contribution in [2.45, 2.75) is 17.2 Å². The Morgan fingerprint density at radius 3 is 2.00 bits per heavy atom. The summed E-state index contributed by atoms with van der Waals surface area (Å²) in [6.07, 6.45) is -9.38. The molecule has 0 aromatic heterocycles. The molecule has 180 valence electrons. The van der Waals surface area contributed by atoms with Gasteiger partial charge in [0.25, 0.3) is 15.9 Å². The van der Waals surface area contributed by atoms with Gasteiger partial charge in [-0.2, -0.15) is 26.3 Å². The summed E-state index contributed by atoms with van der Waals surface area (Å²) in [6.45, 7) is -1.56. The Bertz CT molecular complexity index is 1270. The molecule has 0 radical (unpaired) electrons. The number of anilines is 1. The Labute approximate surface area is 190 Å². The molecule has 3 aromatic carbocycles. The molecule has 3 aromatic rings. The van der Waals surface area contributed by atoms with E-state index in [4.69, 9.17) is 0 Å². The molecule has 0 saturated carbocycles. The Morgan fingerprint density at radius 2 is 1.44 bits per heavy atom. The van der Waals surface area contributed by atoms with Crippen molar-refractivity contribution in [3.8, 4) is 11.1 Å². The molecule has 0 spiro atoms. The first-order valence-electron chi connectivity index (χ1n) is 9.51. The van der Waals surface area contributed by atoms with Crippen LogP contribution in [-0.2, 0) is 16.2 Å². The topological polar surface area (TPSA) is 75.3 Å². The van der Waals surface area contributed by atoms with Crippen molar-refractivity contribution in [3.05, 3.63) is 83.9 Å². The molecule has 12 heteroatoms.